The summed E-state index contributed by atoms with van der Waals surface area (Å²) >= 11 is 1.64. The number of imidazole rings is 1. The average molecular weight is 281 g/mol. The van der Waals surface area contributed by atoms with Crippen molar-refractivity contribution in [1.82, 2.24) is 9.38 Å². The molecule has 106 valence electrons. The molecule has 2 N–H and O–H groups in total. The fraction of sp³-hybridized carbons (Fsp3) is 0.643. The second kappa shape index (κ2) is 6.03. The third-order valence-electron chi connectivity index (χ3n) is 3.88. The molecule has 0 saturated carbocycles. The van der Waals surface area contributed by atoms with Crippen LogP contribution in [-0.2, 0) is 11.2 Å². The van der Waals surface area contributed by atoms with Gasteiger partial charge in [0.1, 0.15) is 0 Å². The molecular weight excluding hydrogens is 258 g/mol. The number of aromatic nitrogens is 2. The van der Waals surface area contributed by atoms with Gasteiger partial charge in [0.25, 0.3) is 0 Å². The molecule has 0 amide bonds. The molecule has 0 spiro atoms. The standard InChI is InChI=1S/C14H23N3OS/c1-4-14(5-2,18-6-3)12(15)9-11-10-17-7-8-19-13(17)16-11/h7-8,10,12H,4-6,9,15H2,1-3H3. The van der Waals surface area contributed by atoms with Crippen molar-refractivity contribution in [3.05, 3.63) is 23.5 Å². The zero-order valence-corrected chi connectivity index (χ0v) is 12.7. The number of ether oxygens (including phenoxy) is 1. The smallest absolute Gasteiger partial charge is 0.193 e. The average Bonchev–Trinajstić information content (AvgIpc) is 2.96. The van der Waals surface area contributed by atoms with Crippen LogP contribution in [0.5, 0.6) is 0 Å². The van der Waals surface area contributed by atoms with Crippen LogP contribution >= 0.6 is 11.3 Å². The van der Waals surface area contributed by atoms with Gasteiger partial charge in [0.2, 0.25) is 0 Å². The lowest BCUT2D eigenvalue weighted by Crippen LogP contribution is -2.50. The summed E-state index contributed by atoms with van der Waals surface area (Å²) in [4.78, 5) is 5.63. The molecule has 2 aromatic heterocycles. The first-order valence-corrected chi connectivity index (χ1v) is 7.83. The number of thiazole rings is 1. The third kappa shape index (κ3) is 2.83. The predicted molar refractivity (Wildman–Crippen MR) is 79.7 cm³/mol. The van der Waals surface area contributed by atoms with Crippen LogP contribution in [0.1, 0.15) is 39.3 Å². The molecule has 0 fully saturated rings. The number of nitrogens with two attached hydrogens (primary N) is 1. The van der Waals surface area contributed by atoms with Gasteiger partial charge in [0.05, 0.1) is 11.3 Å². The normalized spacial score (nSPS) is 14.1. The maximum atomic E-state index is 6.41. The van der Waals surface area contributed by atoms with Crippen molar-refractivity contribution in [2.75, 3.05) is 6.61 Å². The number of hydrogen-bond acceptors (Lipinski definition) is 4. The Balaban J connectivity index is 2.13. The van der Waals surface area contributed by atoms with Crippen LogP contribution < -0.4 is 5.73 Å². The van der Waals surface area contributed by atoms with E-state index in [4.69, 9.17) is 10.5 Å². The molecule has 19 heavy (non-hydrogen) atoms. The number of nitrogens with zero attached hydrogens (tertiary/aromatic N) is 2. The van der Waals surface area contributed by atoms with Gasteiger partial charge in [-0.2, -0.15) is 0 Å². The van der Waals surface area contributed by atoms with Crippen LogP contribution in [0.15, 0.2) is 17.8 Å². The van der Waals surface area contributed by atoms with Crippen LogP contribution in [-0.4, -0.2) is 27.6 Å². The molecule has 2 heterocycles. The Labute approximate surface area is 118 Å². The third-order valence-corrected chi connectivity index (χ3v) is 4.65. The van der Waals surface area contributed by atoms with E-state index in [2.05, 4.69) is 25.0 Å². The fourth-order valence-corrected chi connectivity index (χ4v) is 3.38. The van der Waals surface area contributed by atoms with E-state index < -0.39 is 0 Å². The van der Waals surface area contributed by atoms with Crippen LogP contribution in [0.25, 0.3) is 4.96 Å². The quantitative estimate of drug-likeness (QED) is 0.849. The molecule has 0 aliphatic carbocycles. The van der Waals surface area contributed by atoms with E-state index >= 15 is 0 Å². The van der Waals surface area contributed by atoms with E-state index in [0.717, 1.165) is 29.9 Å². The summed E-state index contributed by atoms with van der Waals surface area (Å²) in [6.07, 6.45) is 6.71. The molecule has 1 atom stereocenters. The van der Waals surface area contributed by atoms with Crippen LogP contribution in [0, 0.1) is 0 Å². The van der Waals surface area contributed by atoms with Gasteiger partial charge >= 0.3 is 0 Å². The van der Waals surface area contributed by atoms with Crippen LogP contribution in [0.3, 0.4) is 0 Å². The summed E-state index contributed by atoms with van der Waals surface area (Å²) in [7, 11) is 0. The van der Waals surface area contributed by atoms with Gasteiger partial charge in [0.15, 0.2) is 4.96 Å². The Bertz CT molecular complexity index is 487. The highest BCUT2D eigenvalue weighted by Gasteiger charge is 2.34. The van der Waals surface area contributed by atoms with Gasteiger partial charge in [-0.3, -0.25) is 4.40 Å². The van der Waals surface area contributed by atoms with Crippen LogP contribution in [0.2, 0.25) is 0 Å². The van der Waals surface area contributed by atoms with E-state index in [-0.39, 0.29) is 11.6 Å². The van der Waals surface area contributed by atoms with Gasteiger partial charge in [-0.15, -0.1) is 11.3 Å². The molecule has 1 unspecified atom stereocenters. The molecule has 0 aliphatic rings. The molecule has 5 heteroatoms. The van der Waals surface area contributed by atoms with Crippen molar-refractivity contribution in [2.45, 2.75) is 51.7 Å². The van der Waals surface area contributed by atoms with Gasteiger partial charge in [-0.1, -0.05) is 13.8 Å². The SMILES string of the molecule is CCOC(CC)(CC)C(N)Cc1cn2ccsc2n1. The van der Waals surface area contributed by atoms with Gasteiger partial charge in [-0.05, 0) is 19.8 Å². The summed E-state index contributed by atoms with van der Waals surface area (Å²) < 4.78 is 8.01. The topological polar surface area (TPSA) is 52.5 Å². The molecule has 0 radical (unpaired) electrons. The molecule has 2 aromatic rings. The van der Waals surface area contributed by atoms with Gasteiger partial charge in [-0.25, -0.2) is 4.98 Å². The number of hydrogen-bond donors (Lipinski definition) is 1. The van der Waals surface area contributed by atoms with E-state index in [1.165, 1.54) is 0 Å². The lowest BCUT2D eigenvalue weighted by Gasteiger charge is -2.37. The van der Waals surface area contributed by atoms with E-state index in [1.807, 2.05) is 22.9 Å². The lowest BCUT2D eigenvalue weighted by molar-refractivity contribution is -0.0634. The van der Waals surface area contributed by atoms with Crippen molar-refractivity contribution in [3.8, 4) is 0 Å². The highest BCUT2D eigenvalue weighted by Crippen LogP contribution is 2.26. The van der Waals surface area contributed by atoms with E-state index in [9.17, 15) is 0 Å². The van der Waals surface area contributed by atoms with Crippen molar-refractivity contribution in [2.24, 2.45) is 5.73 Å². The van der Waals surface area contributed by atoms with E-state index in [1.54, 1.807) is 11.3 Å². The minimum Gasteiger partial charge on any atom is -0.374 e. The first-order valence-electron chi connectivity index (χ1n) is 6.95. The zero-order chi connectivity index (χ0) is 13.9. The number of rotatable bonds is 7. The van der Waals surface area contributed by atoms with Crippen molar-refractivity contribution in [3.63, 3.8) is 0 Å². The monoisotopic (exact) mass is 281 g/mol. The molecule has 2 rings (SSSR count). The summed E-state index contributed by atoms with van der Waals surface area (Å²) in [5.74, 6) is 0. The van der Waals surface area contributed by atoms with Crippen molar-refractivity contribution < 1.29 is 4.74 Å². The Hall–Kier alpha value is -0.910. The lowest BCUT2D eigenvalue weighted by atomic mass is 9.86. The van der Waals surface area contributed by atoms with Crippen LogP contribution in [0.4, 0.5) is 0 Å². The molecule has 0 aliphatic heterocycles. The van der Waals surface area contributed by atoms with Crippen molar-refractivity contribution in [1.29, 1.82) is 0 Å². The minimum atomic E-state index is -0.230. The summed E-state index contributed by atoms with van der Waals surface area (Å²) in [6, 6.07) is -0.0212. The maximum absolute atomic E-state index is 6.41. The summed E-state index contributed by atoms with van der Waals surface area (Å²) in [6.45, 7) is 7.02. The molecule has 0 bridgehead atoms. The molecule has 4 nitrogen and oxygen atoms in total. The highest BCUT2D eigenvalue weighted by atomic mass is 32.1. The van der Waals surface area contributed by atoms with E-state index in [0.29, 0.717) is 6.61 Å². The molecule has 0 aromatic carbocycles. The zero-order valence-electron chi connectivity index (χ0n) is 11.9. The predicted octanol–water partition coefficient (Wildman–Crippen LogP) is 2.86. The molecular formula is C14H23N3OS. The largest absolute Gasteiger partial charge is 0.374 e. The Kier molecular flexibility index (Phi) is 4.60. The fourth-order valence-electron chi connectivity index (χ4n) is 2.66. The first-order chi connectivity index (χ1) is 9.15. The minimum absolute atomic E-state index is 0.0212. The Morgan fingerprint density at radius 1 is 1.42 bits per heavy atom. The van der Waals surface area contributed by atoms with Gasteiger partial charge < -0.3 is 10.5 Å². The Morgan fingerprint density at radius 3 is 2.74 bits per heavy atom. The highest BCUT2D eigenvalue weighted by molar-refractivity contribution is 7.15. The second-order valence-corrected chi connectivity index (χ2v) is 5.71. The molecule has 0 saturated heterocycles. The maximum Gasteiger partial charge on any atom is 0.193 e. The van der Waals surface area contributed by atoms with Crippen molar-refractivity contribution >= 4 is 16.3 Å². The number of fused-ring (bicyclic) bond motifs is 1. The Morgan fingerprint density at radius 2 is 2.16 bits per heavy atom. The van der Waals surface area contributed by atoms with Gasteiger partial charge in [0, 0.05) is 36.8 Å². The summed E-state index contributed by atoms with van der Waals surface area (Å²) in [5, 5.41) is 2.04. The summed E-state index contributed by atoms with van der Waals surface area (Å²) in [5.41, 5.74) is 7.23. The second-order valence-electron chi connectivity index (χ2n) is 4.84. The first kappa shape index (κ1) is 14.5.